The molecular formula is C14H19NO6. The molecule has 1 atom stereocenters. The number of carboxylic acid groups (broad SMARTS) is 1. The number of rotatable bonds is 8. The smallest absolute Gasteiger partial charge is 0.326 e. The molecule has 116 valence electrons. The van der Waals surface area contributed by atoms with E-state index in [0.717, 1.165) is 0 Å². The van der Waals surface area contributed by atoms with E-state index in [1.807, 2.05) is 0 Å². The van der Waals surface area contributed by atoms with Gasteiger partial charge in [0.25, 0.3) is 5.91 Å². The Balaban J connectivity index is 2.91. The average Bonchev–Trinajstić information content (AvgIpc) is 2.46. The Kier molecular flexibility index (Phi) is 6.48. The van der Waals surface area contributed by atoms with Crippen molar-refractivity contribution in [3.05, 3.63) is 23.8 Å². The van der Waals surface area contributed by atoms with Crippen LogP contribution in [0.2, 0.25) is 0 Å². The summed E-state index contributed by atoms with van der Waals surface area (Å²) in [6.45, 7) is 1.88. The van der Waals surface area contributed by atoms with Gasteiger partial charge in [0.05, 0.1) is 13.7 Å². The van der Waals surface area contributed by atoms with Crippen LogP contribution in [0, 0.1) is 0 Å². The van der Waals surface area contributed by atoms with Crippen LogP contribution in [-0.2, 0) is 4.79 Å². The zero-order valence-corrected chi connectivity index (χ0v) is 12.0. The fourth-order valence-corrected chi connectivity index (χ4v) is 1.71. The number of methoxy groups -OCH3 is 1. The Labute approximate surface area is 122 Å². The number of amides is 1. The van der Waals surface area contributed by atoms with Crippen LogP contribution in [0.5, 0.6) is 11.5 Å². The van der Waals surface area contributed by atoms with Crippen LogP contribution in [0.15, 0.2) is 18.2 Å². The van der Waals surface area contributed by atoms with Gasteiger partial charge in [-0.1, -0.05) is 0 Å². The van der Waals surface area contributed by atoms with Crippen molar-refractivity contribution in [1.82, 2.24) is 5.32 Å². The van der Waals surface area contributed by atoms with E-state index in [9.17, 15) is 9.59 Å². The number of hydrogen-bond donors (Lipinski definition) is 3. The summed E-state index contributed by atoms with van der Waals surface area (Å²) < 4.78 is 10.5. The predicted octanol–water partition coefficient (Wildman–Crippen LogP) is 0.659. The quantitative estimate of drug-likeness (QED) is 0.651. The Hall–Kier alpha value is -2.28. The van der Waals surface area contributed by atoms with Gasteiger partial charge in [0.15, 0.2) is 11.5 Å². The van der Waals surface area contributed by atoms with Gasteiger partial charge in [-0.05, 0) is 25.1 Å². The van der Waals surface area contributed by atoms with Gasteiger partial charge in [-0.15, -0.1) is 0 Å². The van der Waals surface area contributed by atoms with E-state index in [2.05, 4.69) is 5.32 Å². The molecule has 0 bridgehead atoms. The summed E-state index contributed by atoms with van der Waals surface area (Å²) in [4.78, 5) is 23.0. The summed E-state index contributed by atoms with van der Waals surface area (Å²) >= 11 is 0. The summed E-state index contributed by atoms with van der Waals surface area (Å²) in [6, 6.07) is 3.42. The fourth-order valence-electron chi connectivity index (χ4n) is 1.71. The van der Waals surface area contributed by atoms with Crippen LogP contribution in [0.4, 0.5) is 0 Å². The molecule has 1 aromatic rings. The van der Waals surface area contributed by atoms with Gasteiger partial charge in [-0.2, -0.15) is 0 Å². The third-order valence-electron chi connectivity index (χ3n) is 2.75. The van der Waals surface area contributed by atoms with E-state index in [-0.39, 0.29) is 18.6 Å². The number of nitrogens with one attached hydrogen (secondary N) is 1. The molecule has 3 N–H and O–H groups in total. The minimum Gasteiger partial charge on any atom is -0.493 e. The number of benzene rings is 1. The first kappa shape index (κ1) is 16.8. The molecule has 0 heterocycles. The molecule has 1 rings (SSSR count). The molecule has 0 saturated carbocycles. The van der Waals surface area contributed by atoms with E-state index in [1.165, 1.54) is 19.2 Å². The Morgan fingerprint density at radius 1 is 1.33 bits per heavy atom. The number of hydrogen-bond acceptors (Lipinski definition) is 5. The van der Waals surface area contributed by atoms with Crippen molar-refractivity contribution in [3.63, 3.8) is 0 Å². The molecule has 21 heavy (non-hydrogen) atoms. The van der Waals surface area contributed by atoms with Crippen molar-refractivity contribution >= 4 is 11.9 Å². The van der Waals surface area contributed by atoms with E-state index in [0.29, 0.717) is 18.1 Å². The lowest BCUT2D eigenvalue weighted by Crippen LogP contribution is -2.41. The van der Waals surface area contributed by atoms with Gasteiger partial charge in [0, 0.05) is 18.6 Å². The lowest BCUT2D eigenvalue weighted by Gasteiger charge is -2.14. The number of aliphatic carboxylic acids is 1. The molecule has 7 heteroatoms. The van der Waals surface area contributed by atoms with E-state index in [4.69, 9.17) is 19.7 Å². The molecule has 0 saturated heterocycles. The summed E-state index contributed by atoms with van der Waals surface area (Å²) in [5.41, 5.74) is 0.253. The fraction of sp³-hybridized carbons (Fsp3) is 0.429. The Bertz CT molecular complexity index is 502. The van der Waals surface area contributed by atoms with Crippen LogP contribution >= 0.6 is 0 Å². The highest BCUT2D eigenvalue weighted by Gasteiger charge is 2.20. The third kappa shape index (κ3) is 4.64. The van der Waals surface area contributed by atoms with Gasteiger partial charge in [-0.25, -0.2) is 4.79 Å². The van der Waals surface area contributed by atoms with Gasteiger partial charge in [0.1, 0.15) is 6.04 Å². The average molecular weight is 297 g/mol. The summed E-state index contributed by atoms with van der Waals surface area (Å²) in [5.74, 6) is -0.865. The van der Waals surface area contributed by atoms with Gasteiger partial charge in [-0.3, -0.25) is 4.79 Å². The minimum atomic E-state index is -1.20. The van der Waals surface area contributed by atoms with Crippen molar-refractivity contribution < 1.29 is 29.3 Å². The predicted molar refractivity (Wildman–Crippen MR) is 74.8 cm³/mol. The summed E-state index contributed by atoms with van der Waals surface area (Å²) in [6.07, 6.45) is -0.0600. The number of aliphatic hydroxyl groups is 1. The molecule has 1 amide bonds. The highest BCUT2D eigenvalue weighted by Crippen LogP contribution is 2.28. The monoisotopic (exact) mass is 297 g/mol. The molecule has 0 aliphatic heterocycles. The summed E-state index contributed by atoms with van der Waals surface area (Å²) in [5, 5.41) is 20.1. The van der Waals surface area contributed by atoms with Crippen molar-refractivity contribution in [2.24, 2.45) is 0 Å². The van der Waals surface area contributed by atoms with Crippen molar-refractivity contribution in [1.29, 1.82) is 0 Å². The SMILES string of the molecule is CCOc1cc(C(=O)N[C@@H](CCO)C(=O)O)ccc1OC. The van der Waals surface area contributed by atoms with Crippen LogP contribution in [0.1, 0.15) is 23.7 Å². The minimum absolute atomic E-state index is 0.0600. The number of carboxylic acids is 1. The van der Waals surface area contributed by atoms with Crippen LogP contribution in [0.25, 0.3) is 0 Å². The van der Waals surface area contributed by atoms with Crippen molar-refractivity contribution in [2.75, 3.05) is 20.3 Å². The second kappa shape index (κ2) is 8.11. The number of ether oxygens (including phenoxy) is 2. The van der Waals surface area contributed by atoms with Crippen molar-refractivity contribution in [2.45, 2.75) is 19.4 Å². The van der Waals surface area contributed by atoms with Gasteiger partial charge >= 0.3 is 5.97 Å². The topological polar surface area (TPSA) is 105 Å². The van der Waals surface area contributed by atoms with Crippen molar-refractivity contribution in [3.8, 4) is 11.5 Å². The highest BCUT2D eigenvalue weighted by molar-refractivity contribution is 5.97. The maximum absolute atomic E-state index is 12.0. The first-order valence-electron chi connectivity index (χ1n) is 6.48. The molecule has 1 aromatic carbocycles. The number of aliphatic hydroxyl groups excluding tert-OH is 1. The standard InChI is InChI=1S/C14H19NO6/c1-3-21-12-8-9(4-5-11(12)20-2)13(17)15-10(6-7-16)14(18)19/h4-5,8,10,16H,3,6-7H2,1-2H3,(H,15,17)(H,18,19)/t10-/m0/s1. The second-order valence-electron chi connectivity index (χ2n) is 4.18. The largest absolute Gasteiger partial charge is 0.493 e. The first-order chi connectivity index (χ1) is 10.0. The van der Waals surface area contributed by atoms with E-state index < -0.39 is 17.9 Å². The second-order valence-corrected chi connectivity index (χ2v) is 4.18. The zero-order chi connectivity index (χ0) is 15.8. The molecule has 0 aromatic heterocycles. The summed E-state index contributed by atoms with van der Waals surface area (Å²) in [7, 11) is 1.49. The molecule has 0 aliphatic carbocycles. The van der Waals surface area contributed by atoms with Gasteiger partial charge < -0.3 is 25.0 Å². The van der Waals surface area contributed by atoms with E-state index >= 15 is 0 Å². The molecule has 0 unspecified atom stereocenters. The normalized spacial score (nSPS) is 11.6. The number of carbonyl (C=O) groups excluding carboxylic acids is 1. The molecule has 0 spiro atoms. The van der Waals surface area contributed by atoms with Crippen LogP contribution in [0.3, 0.4) is 0 Å². The molecule has 0 fully saturated rings. The molecular weight excluding hydrogens is 278 g/mol. The van der Waals surface area contributed by atoms with Crippen LogP contribution < -0.4 is 14.8 Å². The highest BCUT2D eigenvalue weighted by atomic mass is 16.5. The van der Waals surface area contributed by atoms with Crippen LogP contribution in [-0.4, -0.2) is 48.5 Å². The molecule has 0 radical (unpaired) electrons. The first-order valence-corrected chi connectivity index (χ1v) is 6.48. The molecule has 7 nitrogen and oxygen atoms in total. The van der Waals surface area contributed by atoms with Gasteiger partial charge in [0.2, 0.25) is 0 Å². The number of carbonyl (C=O) groups is 2. The Morgan fingerprint density at radius 3 is 2.57 bits per heavy atom. The van der Waals surface area contributed by atoms with E-state index in [1.54, 1.807) is 13.0 Å². The maximum Gasteiger partial charge on any atom is 0.326 e. The molecule has 0 aliphatic rings. The lowest BCUT2D eigenvalue weighted by atomic mass is 10.1. The third-order valence-corrected chi connectivity index (χ3v) is 2.75. The lowest BCUT2D eigenvalue weighted by molar-refractivity contribution is -0.139. The zero-order valence-electron chi connectivity index (χ0n) is 12.0. The Morgan fingerprint density at radius 2 is 2.05 bits per heavy atom. The maximum atomic E-state index is 12.0.